The summed E-state index contributed by atoms with van der Waals surface area (Å²) in [5, 5.41) is 13.3. The molecule has 0 saturated heterocycles. The molecule has 0 unspecified atom stereocenters. The third-order valence-electron chi connectivity index (χ3n) is 6.35. The summed E-state index contributed by atoms with van der Waals surface area (Å²) in [7, 11) is 0. The molecule has 0 amide bonds. The quantitative estimate of drug-likeness (QED) is 0.323. The topological polar surface area (TPSA) is 92.3 Å². The van der Waals surface area contributed by atoms with Crippen LogP contribution < -0.4 is 5.32 Å². The van der Waals surface area contributed by atoms with Gasteiger partial charge >= 0.3 is 6.18 Å². The van der Waals surface area contributed by atoms with Gasteiger partial charge < -0.3 is 9.88 Å². The third kappa shape index (κ3) is 4.97. The van der Waals surface area contributed by atoms with Crippen LogP contribution in [0.15, 0.2) is 42.6 Å². The number of nitrogens with zero attached hydrogens (tertiary/aromatic N) is 6. The van der Waals surface area contributed by atoms with Gasteiger partial charge in [0, 0.05) is 24.3 Å². The highest BCUT2D eigenvalue weighted by atomic mass is 35.5. The smallest absolute Gasteiger partial charge is 0.368 e. The number of benzene rings is 1. The summed E-state index contributed by atoms with van der Waals surface area (Å²) < 4.78 is 41.0. The molecular weight excluding hydrogens is 491 g/mol. The van der Waals surface area contributed by atoms with Crippen LogP contribution in [0.1, 0.15) is 42.6 Å². The summed E-state index contributed by atoms with van der Waals surface area (Å²) in [6, 6.07) is 10.2. The summed E-state index contributed by atoms with van der Waals surface area (Å²) >= 11 is 6.20. The zero-order valence-electron chi connectivity index (χ0n) is 19.1. The van der Waals surface area contributed by atoms with Crippen molar-refractivity contribution in [2.75, 3.05) is 11.9 Å². The SMILES string of the molecule is N#Cc1nc(NCCC2CCC2)c2c(n1)nc(-c1cc(Cl)ccn1)n2Cc1ccc(C(F)(F)F)cc1. The number of imidazole rings is 1. The second-order valence-corrected chi connectivity index (χ2v) is 9.20. The minimum Gasteiger partial charge on any atom is -0.368 e. The number of nitrogens with one attached hydrogen (secondary N) is 1. The maximum Gasteiger partial charge on any atom is 0.416 e. The average Bonchev–Trinajstić information content (AvgIpc) is 3.18. The van der Waals surface area contributed by atoms with Crippen molar-refractivity contribution in [1.29, 1.82) is 5.26 Å². The molecule has 5 rings (SSSR count). The fraction of sp³-hybridized carbons (Fsp3) is 0.320. The number of anilines is 1. The molecule has 0 spiro atoms. The fourth-order valence-corrected chi connectivity index (χ4v) is 4.40. The standard InChI is InChI=1S/C25H21ClF3N7/c26-18-9-11-31-19(12-18)24-35-23-21(36(24)14-16-4-6-17(7-5-16)25(27,28)29)22(33-20(13-30)34-23)32-10-8-15-2-1-3-15/h4-7,9,11-12,15H,1-3,8,10,14H2,(H,32,33,34). The van der Waals surface area contributed by atoms with Gasteiger partial charge in [-0.1, -0.05) is 43.0 Å². The Morgan fingerprint density at radius 1 is 1.11 bits per heavy atom. The first kappa shape index (κ1) is 24.0. The monoisotopic (exact) mass is 511 g/mol. The number of hydrogen-bond acceptors (Lipinski definition) is 6. The van der Waals surface area contributed by atoms with Crippen LogP contribution in [0.25, 0.3) is 22.7 Å². The van der Waals surface area contributed by atoms with Crippen LogP contribution in [0.4, 0.5) is 19.0 Å². The van der Waals surface area contributed by atoms with Crippen molar-refractivity contribution in [3.63, 3.8) is 0 Å². The Morgan fingerprint density at radius 2 is 1.89 bits per heavy atom. The van der Waals surface area contributed by atoms with E-state index in [1.54, 1.807) is 22.9 Å². The summed E-state index contributed by atoms with van der Waals surface area (Å²) in [6.45, 7) is 0.850. The van der Waals surface area contributed by atoms with Crippen LogP contribution in [0.2, 0.25) is 5.02 Å². The van der Waals surface area contributed by atoms with Crippen molar-refractivity contribution in [1.82, 2.24) is 24.5 Å². The van der Waals surface area contributed by atoms with Gasteiger partial charge in [-0.3, -0.25) is 4.98 Å². The van der Waals surface area contributed by atoms with Crippen molar-refractivity contribution in [3.05, 3.63) is 64.6 Å². The highest BCUT2D eigenvalue weighted by Crippen LogP contribution is 2.33. The largest absolute Gasteiger partial charge is 0.416 e. The number of fused-ring (bicyclic) bond motifs is 1. The molecule has 4 aromatic rings. The molecular formula is C25H21ClF3N7. The van der Waals surface area contributed by atoms with Crippen molar-refractivity contribution in [3.8, 4) is 17.6 Å². The molecule has 0 aliphatic heterocycles. The second kappa shape index (κ2) is 9.74. The fourth-order valence-electron chi connectivity index (χ4n) is 4.24. The van der Waals surface area contributed by atoms with Crippen molar-refractivity contribution >= 4 is 28.6 Å². The van der Waals surface area contributed by atoms with Crippen LogP contribution in [0, 0.1) is 17.2 Å². The van der Waals surface area contributed by atoms with E-state index in [1.807, 2.05) is 6.07 Å². The van der Waals surface area contributed by atoms with Gasteiger partial charge in [0.05, 0.1) is 5.56 Å². The number of pyridine rings is 1. The molecule has 1 fully saturated rings. The van der Waals surface area contributed by atoms with E-state index < -0.39 is 11.7 Å². The first-order chi connectivity index (χ1) is 17.3. The minimum atomic E-state index is -4.42. The number of hydrogen-bond donors (Lipinski definition) is 1. The van der Waals surface area contributed by atoms with Crippen LogP contribution in [-0.4, -0.2) is 31.0 Å². The lowest BCUT2D eigenvalue weighted by Crippen LogP contribution is -2.17. The zero-order chi connectivity index (χ0) is 25.3. The Kier molecular flexibility index (Phi) is 6.49. The summed E-state index contributed by atoms with van der Waals surface area (Å²) in [5.41, 5.74) is 1.19. The molecule has 1 aromatic carbocycles. The molecule has 1 aliphatic carbocycles. The third-order valence-corrected chi connectivity index (χ3v) is 6.58. The Hall–Kier alpha value is -3.71. The maximum absolute atomic E-state index is 13.1. The normalized spacial score (nSPS) is 14.0. The zero-order valence-corrected chi connectivity index (χ0v) is 19.8. The van der Waals surface area contributed by atoms with E-state index in [4.69, 9.17) is 11.6 Å². The molecule has 1 N–H and O–H groups in total. The van der Waals surface area contributed by atoms with E-state index in [9.17, 15) is 18.4 Å². The maximum atomic E-state index is 13.1. The van der Waals surface area contributed by atoms with Gasteiger partial charge in [-0.05, 0) is 42.2 Å². The first-order valence-electron chi connectivity index (χ1n) is 11.5. The van der Waals surface area contributed by atoms with Gasteiger partial charge in [-0.15, -0.1) is 0 Å². The minimum absolute atomic E-state index is 0.0292. The van der Waals surface area contributed by atoms with Gasteiger partial charge in [-0.2, -0.15) is 28.4 Å². The number of rotatable bonds is 7. The van der Waals surface area contributed by atoms with Crippen LogP contribution in [0.5, 0.6) is 0 Å². The highest BCUT2D eigenvalue weighted by molar-refractivity contribution is 6.30. The summed E-state index contributed by atoms with van der Waals surface area (Å²) in [4.78, 5) is 17.7. The van der Waals surface area contributed by atoms with E-state index in [-0.39, 0.29) is 18.0 Å². The molecule has 1 aliphatic rings. The Balaban J connectivity index is 1.60. The van der Waals surface area contributed by atoms with Gasteiger partial charge in [0.1, 0.15) is 17.3 Å². The molecule has 36 heavy (non-hydrogen) atoms. The number of aromatic nitrogens is 5. The highest BCUT2D eigenvalue weighted by Gasteiger charge is 2.30. The van der Waals surface area contributed by atoms with Gasteiger partial charge in [0.2, 0.25) is 5.82 Å². The second-order valence-electron chi connectivity index (χ2n) is 8.77. The van der Waals surface area contributed by atoms with E-state index in [0.717, 1.165) is 18.6 Å². The van der Waals surface area contributed by atoms with Gasteiger partial charge in [0.15, 0.2) is 17.3 Å². The Labute approximate surface area is 210 Å². The number of alkyl halides is 3. The molecule has 11 heteroatoms. The Morgan fingerprint density at radius 3 is 2.53 bits per heavy atom. The molecule has 3 aromatic heterocycles. The number of halogens is 4. The molecule has 0 bridgehead atoms. The average molecular weight is 512 g/mol. The summed E-state index contributed by atoms with van der Waals surface area (Å²) in [6.07, 6.45) is 1.76. The summed E-state index contributed by atoms with van der Waals surface area (Å²) in [5.74, 6) is 1.51. The van der Waals surface area contributed by atoms with Crippen LogP contribution >= 0.6 is 11.6 Å². The molecule has 0 radical (unpaired) electrons. The van der Waals surface area contributed by atoms with Gasteiger partial charge in [-0.25, -0.2) is 4.98 Å². The predicted octanol–water partition coefficient (Wildman–Crippen LogP) is 6.08. The van der Waals surface area contributed by atoms with Crippen molar-refractivity contribution in [2.24, 2.45) is 5.92 Å². The lowest BCUT2D eigenvalue weighted by molar-refractivity contribution is -0.137. The molecule has 184 valence electrons. The lowest BCUT2D eigenvalue weighted by atomic mass is 9.83. The molecule has 1 saturated carbocycles. The Bertz CT molecular complexity index is 1440. The van der Waals surface area contributed by atoms with Crippen molar-refractivity contribution in [2.45, 2.75) is 38.4 Å². The van der Waals surface area contributed by atoms with Crippen LogP contribution in [-0.2, 0) is 12.7 Å². The van der Waals surface area contributed by atoms with Gasteiger partial charge in [0.25, 0.3) is 0 Å². The lowest BCUT2D eigenvalue weighted by Gasteiger charge is -2.25. The van der Waals surface area contributed by atoms with Crippen molar-refractivity contribution < 1.29 is 13.2 Å². The molecule has 7 nitrogen and oxygen atoms in total. The van der Waals surface area contributed by atoms with E-state index in [1.165, 1.54) is 31.4 Å². The van der Waals surface area contributed by atoms with E-state index >= 15 is 0 Å². The van der Waals surface area contributed by atoms with E-state index in [0.29, 0.717) is 45.9 Å². The van der Waals surface area contributed by atoms with Crippen LogP contribution in [0.3, 0.4) is 0 Å². The first-order valence-corrected chi connectivity index (χ1v) is 11.9. The number of nitriles is 1. The van der Waals surface area contributed by atoms with E-state index in [2.05, 4.69) is 25.3 Å². The predicted molar refractivity (Wildman–Crippen MR) is 129 cm³/mol. The molecule has 3 heterocycles. The molecule has 0 atom stereocenters.